The van der Waals surface area contributed by atoms with Crippen molar-refractivity contribution in [2.45, 2.75) is 52.1 Å². The molecule has 2 aliphatic heterocycles. The number of nitrogens with two attached hydrogens (primary N) is 2. The lowest BCUT2D eigenvalue weighted by molar-refractivity contribution is 0.281. The summed E-state index contributed by atoms with van der Waals surface area (Å²) < 4.78 is 11.6. The fraction of sp³-hybridized carbons (Fsp3) is 0.286. The van der Waals surface area contributed by atoms with Crippen molar-refractivity contribution < 1.29 is 9.47 Å². The van der Waals surface area contributed by atoms with Gasteiger partial charge < -0.3 is 31.6 Å². The van der Waals surface area contributed by atoms with Gasteiger partial charge in [-0.2, -0.15) is 0 Å². The highest BCUT2D eigenvalue weighted by Gasteiger charge is 2.19. The van der Waals surface area contributed by atoms with Crippen molar-refractivity contribution in [2.75, 3.05) is 5.32 Å². The number of rotatable bonds is 7. The first-order chi connectivity index (χ1) is 17.4. The van der Waals surface area contributed by atoms with Crippen LogP contribution in [-0.4, -0.2) is 23.9 Å². The molecule has 3 aromatic carbocycles. The molecule has 0 aliphatic carbocycles. The highest BCUT2D eigenvalue weighted by atomic mass is 35.5. The third-order valence-corrected chi connectivity index (χ3v) is 6.44. The van der Waals surface area contributed by atoms with E-state index >= 15 is 0 Å². The van der Waals surface area contributed by atoms with Gasteiger partial charge in [-0.1, -0.05) is 30.3 Å². The molecule has 11 heteroatoms. The largest absolute Gasteiger partial charge is 0.481 e. The van der Waals surface area contributed by atoms with E-state index in [1.165, 1.54) is 11.1 Å². The molecule has 5 rings (SSSR count). The SMILES string of the molecule is CC1Oc2ccc(CNCc3ccc(C(C)Nc4ccc5c(c4)N=C(N)C(C)O5)cc3)cc2N=C1N.Cl.Cl.Cl. The van der Waals surface area contributed by atoms with Gasteiger partial charge in [-0.3, -0.25) is 0 Å². The van der Waals surface area contributed by atoms with Crippen LogP contribution in [0, 0.1) is 0 Å². The smallest absolute Gasteiger partial charge is 0.153 e. The standard InChI is InChI=1S/C28H32N6O2.3ClH/c1-16(32-22-9-11-26-24(13-22)34-28(30)18(3)36-26)21-7-4-19(5-8-21)14-31-15-20-6-10-25-23(12-20)33-27(29)17(2)35-25;;;/h4-13,16-18,31-32H,14-15H2,1-3H3,(H2,29,33)(H2,30,34);3*1H. The minimum Gasteiger partial charge on any atom is -0.481 e. The van der Waals surface area contributed by atoms with Crippen LogP contribution in [0.5, 0.6) is 11.5 Å². The Morgan fingerprint density at radius 1 is 0.744 bits per heavy atom. The van der Waals surface area contributed by atoms with Crippen molar-refractivity contribution in [2.24, 2.45) is 21.5 Å². The molecule has 6 N–H and O–H groups in total. The quantitative estimate of drug-likeness (QED) is 0.269. The number of hydrogen-bond acceptors (Lipinski definition) is 8. The van der Waals surface area contributed by atoms with Crippen molar-refractivity contribution >= 4 is 66.0 Å². The van der Waals surface area contributed by atoms with Crippen LogP contribution in [0.25, 0.3) is 0 Å². The molecule has 0 aromatic heterocycles. The van der Waals surface area contributed by atoms with E-state index in [1.54, 1.807) is 0 Å². The summed E-state index contributed by atoms with van der Waals surface area (Å²) in [5, 5.41) is 7.04. The Bertz CT molecular complexity index is 1330. The van der Waals surface area contributed by atoms with Crippen molar-refractivity contribution in [3.8, 4) is 11.5 Å². The average Bonchev–Trinajstić information content (AvgIpc) is 2.86. The zero-order valence-electron chi connectivity index (χ0n) is 22.0. The normalized spacial score (nSPS) is 17.6. The van der Waals surface area contributed by atoms with Gasteiger partial charge in [-0.05, 0) is 67.8 Å². The van der Waals surface area contributed by atoms with E-state index < -0.39 is 0 Å². The van der Waals surface area contributed by atoms with Gasteiger partial charge in [0, 0.05) is 24.8 Å². The maximum absolute atomic E-state index is 5.94. The number of benzene rings is 3. The Morgan fingerprint density at radius 3 is 1.87 bits per heavy atom. The molecule has 3 unspecified atom stereocenters. The summed E-state index contributed by atoms with van der Waals surface area (Å²) in [4.78, 5) is 8.92. The maximum atomic E-state index is 5.94. The molecule has 0 saturated heterocycles. The van der Waals surface area contributed by atoms with E-state index in [2.05, 4.69) is 57.9 Å². The molecule has 0 spiro atoms. The fourth-order valence-corrected chi connectivity index (χ4v) is 4.22. The van der Waals surface area contributed by atoms with Crippen molar-refractivity contribution in [1.29, 1.82) is 0 Å². The summed E-state index contributed by atoms with van der Waals surface area (Å²) in [5.74, 6) is 2.52. The molecular weight excluding hydrogens is 559 g/mol. The number of halogens is 3. The molecule has 0 saturated carbocycles. The Hall–Kier alpha value is -3.17. The van der Waals surface area contributed by atoms with Crippen LogP contribution in [0.2, 0.25) is 0 Å². The number of fused-ring (bicyclic) bond motifs is 2. The minimum absolute atomic E-state index is 0. The van der Waals surface area contributed by atoms with E-state index in [-0.39, 0.29) is 55.5 Å². The Labute approximate surface area is 247 Å². The van der Waals surface area contributed by atoms with Gasteiger partial charge in [0.1, 0.15) is 34.5 Å². The fourth-order valence-electron chi connectivity index (χ4n) is 4.22. The van der Waals surface area contributed by atoms with Gasteiger partial charge >= 0.3 is 0 Å². The molecule has 0 bridgehead atoms. The third kappa shape index (κ3) is 7.48. The summed E-state index contributed by atoms with van der Waals surface area (Å²) in [6.45, 7) is 7.42. The summed E-state index contributed by atoms with van der Waals surface area (Å²) >= 11 is 0. The second-order valence-electron chi connectivity index (χ2n) is 9.29. The number of aliphatic imine (C=N–C) groups is 2. The molecule has 0 amide bonds. The Kier molecular flexibility index (Phi) is 11.3. The molecule has 3 aromatic rings. The summed E-state index contributed by atoms with van der Waals surface area (Å²) in [6, 6.07) is 20.7. The summed E-state index contributed by atoms with van der Waals surface area (Å²) in [5.41, 5.74) is 17.9. The van der Waals surface area contributed by atoms with Gasteiger partial charge in [0.2, 0.25) is 0 Å². The first-order valence-corrected chi connectivity index (χ1v) is 12.2. The summed E-state index contributed by atoms with van der Waals surface area (Å²) in [6.07, 6.45) is -0.388. The average molecular weight is 594 g/mol. The number of hydrogen-bond donors (Lipinski definition) is 4. The number of amidine groups is 2. The van der Waals surface area contributed by atoms with Crippen molar-refractivity contribution in [1.82, 2.24) is 5.32 Å². The predicted octanol–water partition coefficient (Wildman–Crippen LogP) is 5.95. The van der Waals surface area contributed by atoms with Crippen LogP contribution in [0.3, 0.4) is 0 Å². The molecule has 39 heavy (non-hydrogen) atoms. The predicted molar refractivity (Wildman–Crippen MR) is 166 cm³/mol. The summed E-state index contributed by atoms with van der Waals surface area (Å²) in [7, 11) is 0. The van der Waals surface area contributed by atoms with E-state index in [1.807, 2.05) is 44.2 Å². The monoisotopic (exact) mass is 592 g/mol. The highest BCUT2D eigenvalue weighted by Crippen LogP contribution is 2.35. The second-order valence-corrected chi connectivity index (χ2v) is 9.29. The molecule has 8 nitrogen and oxygen atoms in total. The van der Waals surface area contributed by atoms with Gasteiger partial charge in [0.25, 0.3) is 0 Å². The van der Waals surface area contributed by atoms with E-state index in [4.69, 9.17) is 20.9 Å². The molecule has 210 valence electrons. The topological polar surface area (TPSA) is 119 Å². The zero-order valence-corrected chi connectivity index (χ0v) is 24.5. The lowest BCUT2D eigenvalue weighted by atomic mass is 10.1. The van der Waals surface area contributed by atoms with Gasteiger partial charge in [0.15, 0.2) is 12.2 Å². The van der Waals surface area contributed by atoms with E-state index in [0.29, 0.717) is 11.7 Å². The number of ether oxygens (including phenoxy) is 2. The second kappa shape index (κ2) is 13.8. The van der Waals surface area contributed by atoms with Gasteiger partial charge in [-0.25, -0.2) is 9.98 Å². The van der Waals surface area contributed by atoms with Gasteiger partial charge in [-0.15, -0.1) is 37.2 Å². The van der Waals surface area contributed by atoms with Crippen molar-refractivity contribution in [3.63, 3.8) is 0 Å². The minimum atomic E-state index is -0.201. The molecule has 0 radical (unpaired) electrons. The molecule has 2 heterocycles. The zero-order chi connectivity index (χ0) is 25.2. The number of anilines is 1. The van der Waals surface area contributed by atoms with Crippen molar-refractivity contribution in [3.05, 3.63) is 77.4 Å². The molecule has 0 fully saturated rings. The lowest BCUT2D eigenvalue weighted by Crippen LogP contribution is -2.33. The molecular formula is C28H35Cl3N6O2. The van der Waals surface area contributed by atoms with Crippen LogP contribution in [0.4, 0.5) is 17.1 Å². The Morgan fingerprint density at radius 2 is 1.26 bits per heavy atom. The maximum Gasteiger partial charge on any atom is 0.153 e. The van der Waals surface area contributed by atoms with Crippen LogP contribution >= 0.6 is 37.2 Å². The highest BCUT2D eigenvalue weighted by molar-refractivity contribution is 5.90. The van der Waals surface area contributed by atoms with Crippen LogP contribution in [0.1, 0.15) is 43.5 Å². The molecule has 3 atom stereocenters. The first kappa shape index (κ1) is 32.0. The van der Waals surface area contributed by atoms with Crippen LogP contribution in [-0.2, 0) is 13.1 Å². The number of nitrogens with zero attached hydrogens (tertiary/aromatic N) is 2. The molecule has 2 aliphatic rings. The van der Waals surface area contributed by atoms with E-state index in [9.17, 15) is 0 Å². The number of nitrogens with one attached hydrogen (secondary N) is 2. The van der Waals surface area contributed by atoms with Gasteiger partial charge in [0.05, 0.1) is 0 Å². The first-order valence-electron chi connectivity index (χ1n) is 12.2. The Balaban J connectivity index is 0.00000178. The van der Waals surface area contributed by atoms with Crippen LogP contribution < -0.4 is 31.6 Å². The van der Waals surface area contributed by atoms with Crippen LogP contribution in [0.15, 0.2) is 70.6 Å². The lowest BCUT2D eigenvalue weighted by Gasteiger charge is -2.22. The van der Waals surface area contributed by atoms with E-state index in [0.717, 1.165) is 47.2 Å². The third-order valence-electron chi connectivity index (χ3n) is 6.44.